The molecule has 110 valence electrons. The van der Waals surface area contributed by atoms with Gasteiger partial charge in [0.15, 0.2) is 0 Å². The molecule has 2 aromatic rings. The Morgan fingerprint density at radius 3 is 2.95 bits per heavy atom. The highest BCUT2D eigenvalue weighted by Crippen LogP contribution is 2.29. The molecule has 5 heteroatoms. The van der Waals surface area contributed by atoms with E-state index in [-0.39, 0.29) is 17.8 Å². The van der Waals surface area contributed by atoms with Crippen molar-refractivity contribution in [2.24, 2.45) is 11.1 Å². The number of rotatable bonds is 3. The molecule has 2 aromatic heterocycles. The van der Waals surface area contributed by atoms with Gasteiger partial charge in [0.2, 0.25) is 0 Å². The minimum atomic E-state index is 0. The molecule has 0 aliphatic carbocycles. The van der Waals surface area contributed by atoms with Crippen LogP contribution in [0.1, 0.15) is 24.6 Å². The second kappa shape index (κ2) is 5.72. The van der Waals surface area contributed by atoms with E-state index < -0.39 is 0 Å². The van der Waals surface area contributed by atoms with Gasteiger partial charge in [0.05, 0.1) is 11.9 Å². The molecule has 20 heavy (non-hydrogen) atoms. The average Bonchev–Trinajstić information content (AvgIpc) is 2.95. The zero-order valence-corrected chi connectivity index (χ0v) is 13.0. The van der Waals surface area contributed by atoms with Crippen molar-refractivity contribution in [3.8, 4) is 0 Å². The lowest BCUT2D eigenvalue weighted by molar-refractivity contribution is 0.271. The van der Waals surface area contributed by atoms with E-state index in [1.54, 1.807) is 0 Å². The lowest BCUT2D eigenvalue weighted by Crippen LogP contribution is -2.31. The van der Waals surface area contributed by atoms with Gasteiger partial charge in [-0.15, -0.1) is 12.4 Å². The summed E-state index contributed by atoms with van der Waals surface area (Å²) in [6.07, 6.45) is 5.30. The average molecular weight is 295 g/mol. The molecule has 0 spiro atoms. The van der Waals surface area contributed by atoms with Crippen LogP contribution in [-0.4, -0.2) is 33.9 Å². The van der Waals surface area contributed by atoms with Crippen LogP contribution in [0.5, 0.6) is 0 Å². The second-order valence-electron chi connectivity index (χ2n) is 6.16. The molecule has 4 nitrogen and oxygen atoms in total. The van der Waals surface area contributed by atoms with Crippen LogP contribution in [0.25, 0.3) is 5.65 Å². The number of nitrogens with two attached hydrogens (primary N) is 1. The van der Waals surface area contributed by atoms with Gasteiger partial charge in [-0.25, -0.2) is 4.98 Å². The molecule has 2 N–H and O–H groups in total. The third-order valence-corrected chi connectivity index (χ3v) is 4.26. The number of halogens is 1. The van der Waals surface area contributed by atoms with E-state index in [9.17, 15) is 0 Å². The van der Waals surface area contributed by atoms with Crippen LogP contribution in [-0.2, 0) is 6.54 Å². The van der Waals surface area contributed by atoms with E-state index in [1.807, 2.05) is 6.20 Å². The summed E-state index contributed by atoms with van der Waals surface area (Å²) in [5.74, 6) is 0. The Bertz CT molecular complexity index is 595. The zero-order valence-electron chi connectivity index (χ0n) is 12.2. The first-order valence-corrected chi connectivity index (χ1v) is 6.95. The van der Waals surface area contributed by atoms with Gasteiger partial charge < -0.3 is 10.1 Å². The maximum atomic E-state index is 5.87. The standard InChI is InChI=1S/C15H22N4.ClH/c1-12-3-5-19-13(8-17-14(19)7-12)9-18-6-4-15(2,10-16)11-18;/h3,5,7-8H,4,6,9-11,16H2,1-2H3;1H. The molecule has 1 saturated heterocycles. The van der Waals surface area contributed by atoms with E-state index >= 15 is 0 Å². The van der Waals surface area contributed by atoms with Gasteiger partial charge in [-0.1, -0.05) is 6.92 Å². The third kappa shape index (κ3) is 2.82. The van der Waals surface area contributed by atoms with Gasteiger partial charge in [0.1, 0.15) is 5.65 Å². The Balaban J connectivity index is 0.00000147. The van der Waals surface area contributed by atoms with Crippen molar-refractivity contribution < 1.29 is 0 Å². The normalized spacial score (nSPS) is 23.1. The highest BCUT2D eigenvalue weighted by Gasteiger charge is 2.32. The maximum Gasteiger partial charge on any atom is 0.137 e. The van der Waals surface area contributed by atoms with Crippen molar-refractivity contribution >= 4 is 18.1 Å². The Morgan fingerprint density at radius 2 is 2.25 bits per heavy atom. The van der Waals surface area contributed by atoms with E-state index in [0.717, 1.165) is 31.8 Å². The third-order valence-electron chi connectivity index (χ3n) is 4.26. The molecular formula is C15H23ClN4. The largest absolute Gasteiger partial charge is 0.330 e. The van der Waals surface area contributed by atoms with Crippen molar-refractivity contribution in [2.45, 2.75) is 26.8 Å². The molecule has 1 atom stereocenters. The predicted octanol–water partition coefficient (Wildman–Crippen LogP) is 2.24. The molecule has 0 saturated carbocycles. The molecule has 1 fully saturated rings. The Hall–Kier alpha value is -1.10. The van der Waals surface area contributed by atoms with Crippen molar-refractivity contribution in [2.75, 3.05) is 19.6 Å². The van der Waals surface area contributed by atoms with Crippen LogP contribution in [0.4, 0.5) is 0 Å². The molecule has 0 radical (unpaired) electrons. The molecule has 0 bridgehead atoms. The number of fused-ring (bicyclic) bond motifs is 1. The topological polar surface area (TPSA) is 46.6 Å². The molecule has 1 aliphatic heterocycles. The smallest absolute Gasteiger partial charge is 0.137 e. The number of nitrogens with zero attached hydrogens (tertiary/aromatic N) is 3. The summed E-state index contributed by atoms with van der Waals surface area (Å²) in [5.41, 5.74) is 9.71. The summed E-state index contributed by atoms with van der Waals surface area (Å²) >= 11 is 0. The highest BCUT2D eigenvalue weighted by molar-refractivity contribution is 5.85. The summed E-state index contributed by atoms with van der Waals surface area (Å²) in [6, 6.07) is 4.25. The van der Waals surface area contributed by atoms with Gasteiger partial charge in [0.25, 0.3) is 0 Å². The summed E-state index contributed by atoms with van der Waals surface area (Å²) in [5, 5.41) is 0. The molecule has 0 aromatic carbocycles. The Kier molecular flexibility index (Phi) is 4.37. The number of hydrogen-bond acceptors (Lipinski definition) is 3. The quantitative estimate of drug-likeness (QED) is 0.944. The maximum absolute atomic E-state index is 5.87. The number of aryl methyl sites for hydroxylation is 1. The Morgan fingerprint density at radius 1 is 1.45 bits per heavy atom. The van der Waals surface area contributed by atoms with Crippen LogP contribution in [0.15, 0.2) is 24.5 Å². The fraction of sp³-hybridized carbons (Fsp3) is 0.533. The molecule has 0 amide bonds. The SMILES string of the molecule is Cc1ccn2c(CN3CCC(C)(CN)C3)cnc2c1.Cl. The van der Waals surface area contributed by atoms with Crippen LogP contribution in [0.2, 0.25) is 0 Å². The fourth-order valence-electron chi connectivity index (χ4n) is 2.91. The minimum absolute atomic E-state index is 0. The van der Waals surface area contributed by atoms with Crippen LogP contribution in [0.3, 0.4) is 0 Å². The van der Waals surface area contributed by atoms with Gasteiger partial charge in [-0.3, -0.25) is 4.90 Å². The van der Waals surface area contributed by atoms with Crippen LogP contribution >= 0.6 is 12.4 Å². The first kappa shape index (κ1) is 15.3. The first-order valence-electron chi connectivity index (χ1n) is 6.95. The Labute approximate surface area is 126 Å². The highest BCUT2D eigenvalue weighted by atomic mass is 35.5. The van der Waals surface area contributed by atoms with Gasteiger partial charge in [-0.2, -0.15) is 0 Å². The summed E-state index contributed by atoms with van der Waals surface area (Å²) < 4.78 is 2.19. The van der Waals surface area contributed by atoms with E-state index in [1.165, 1.54) is 17.7 Å². The van der Waals surface area contributed by atoms with Gasteiger partial charge in [-0.05, 0) is 49.5 Å². The minimum Gasteiger partial charge on any atom is -0.330 e. The van der Waals surface area contributed by atoms with Crippen molar-refractivity contribution in [3.63, 3.8) is 0 Å². The number of likely N-dealkylation sites (tertiary alicyclic amines) is 1. The number of imidazole rings is 1. The molecule has 1 unspecified atom stereocenters. The van der Waals surface area contributed by atoms with Crippen molar-refractivity contribution in [3.05, 3.63) is 35.8 Å². The zero-order chi connectivity index (χ0) is 13.5. The van der Waals surface area contributed by atoms with Crippen LogP contribution in [0, 0.1) is 12.3 Å². The lowest BCUT2D eigenvalue weighted by Gasteiger charge is -2.22. The second-order valence-corrected chi connectivity index (χ2v) is 6.16. The molecule has 1 aliphatic rings. The summed E-state index contributed by atoms with van der Waals surface area (Å²) in [6.45, 7) is 8.33. The van der Waals surface area contributed by atoms with E-state index in [0.29, 0.717) is 0 Å². The monoisotopic (exact) mass is 294 g/mol. The summed E-state index contributed by atoms with van der Waals surface area (Å²) in [7, 11) is 0. The lowest BCUT2D eigenvalue weighted by atomic mass is 9.90. The molecular weight excluding hydrogens is 272 g/mol. The summed E-state index contributed by atoms with van der Waals surface area (Å²) in [4.78, 5) is 6.97. The van der Waals surface area contributed by atoms with Crippen molar-refractivity contribution in [1.82, 2.24) is 14.3 Å². The van der Waals surface area contributed by atoms with Gasteiger partial charge in [0, 0.05) is 19.3 Å². The van der Waals surface area contributed by atoms with Crippen molar-refractivity contribution in [1.29, 1.82) is 0 Å². The number of aromatic nitrogens is 2. The number of hydrogen-bond donors (Lipinski definition) is 1. The fourth-order valence-corrected chi connectivity index (χ4v) is 2.91. The predicted molar refractivity (Wildman–Crippen MR) is 84.2 cm³/mol. The first-order chi connectivity index (χ1) is 9.09. The molecule has 3 heterocycles. The number of pyridine rings is 1. The van der Waals surface area contributed by atoms with E-state index in [2.05, 4.69) is 46.5 Å². The van der Waals surface area contributed by atoms with Crippen LogP contribution < -0.4 is 5.73 Å². The van der Waals surface area contributed by atoms with E-state index in [4.69, 9.17) is 5.73 Å². The van der Waals surface area contributed by atoms with Gasteiger partial charge >= 0.3 is 0 Å². The molecule has 3 rings (SSSR count).